The van der Waals surface area contributed by atoms with Crippen molar-refractivity contribution in [3.63, 3.8) is 0 Å². The standard InChI is InChI=1S/C19H22N4O2/c20-17-6-3-5-16(22-17)13-7-9-14(10-8-13)19(25)23-11-2-1-4-15(23)12-18(21)24/h3,5-10,15H,1-2,4,11-12H2,(H2,20,22)(H2,21,24)/t15-/m1/s1. The Labute approximate surface area is 146 Å². The van der Waals surface area contributed by atoms with Crippen LogP contribution in [-0.4, -0.2) is 34.3 Å². The first-order chi connectivity index (χ1) is 12.0. The number of likely N-dealkylation sites (tertiary alicyclic amines) is 1. The highest BCUT2D eigenvalue weighted by Crippen LogP contribution is 2.24. The minimum atomic E-state index is -0.368. The number of benzene rings is 1. The molecule has 25 heavy (non-hydrogen) atoms. The molecule has 1 saturated heterocycles. The van der Waals surface area contributed by atoms with Crippen LogP contribution in [0.4, 0.5) is 5.82 Å². The minimum Gasteiger partial charge on any atom is -0.384 e. The van der Waals surface area contributed by atoms with Crippen LogP contribution in [0.15, 0.2) is 42.5 Å². The Hall–Kier alpha value is -2.89. The molecule has 2 heterocycles. The molecule has 2 amide bonds. The van der Waals surface area contributed by atoms with Crippen molar-refractivity contribution in [3.05, 3.63) is 48.0 Å². The van der Waals surface area contributed by atoms with Gasteiger partial charge in [-0.15, -0.1) is 0 Å². The fraction of sp³-hybridized carbons (Fsp3) is 0.316. The van der Waals surface area contributed by atoms with E-state index in [1.807, 2.05) is 24.3 Å². The van der Waals surface area contributed by atoms with E-state index in [1.54, 1.807) is 23.1 Å². The summed E-state index contributed by atoms with van der Waals surface area (Å²) < 4.78 is 0. The first kappa shape index (κ1) is 17.0. The zero-order chi connectivity index (χ0) is 17.8. The number of piperidine rings is 1. The van der Waals surface area contributed by atoms with Crippen molar-refractivity contribution >= 4 is 17.6 Å². The maximum absolute atomic E-state index is 12.8. The van der Waals surface area contributed by atoms with Crippen molar-refractivity contribution in [3.8, 4) is 11.3 Å². The van der Waals surface area contributed by atoms with Crippen LogP contribution in [0.2, 0.25) is 0 Å². The smallest absolute Gasteiger partial charge is 0.254 e. The van der Waals surface area contributed by atoms with E-state index in [2.05, 4.69) is 4.98 Å². The molecule has 3 rings (SSSR count). The Morgan fingerprint density at radius 2 is 1.88 bits per heavy atom. The lowest BCUT2D eigenvalue weighted by Gasteiger charge is -2.35. The third-order valence-electron chi connectivity index (χ3n) is 4.52. The number of primary amides is 1. The third-order valence-corrected chi connectivity index (χ3v) is 4.52. The molecule has 1 aromatic carbocycles. The van der Waals surface area contributed by atoms with Gasteiger partial charge in [0.1, 0.15) is 5.82 Å². The second-order valence-electron chi connectivity index (χ2n) is 6.34. The lowest BCUT2D eigenvalue weighted by molar-refractivity contribution is -0.119. The van der Waals surface area contributed by atoms with E-state index in [0.717, 1.165) is 30.5 Å². The van der Waals surface area contributed by atoms with E-state index >= 15 is 0 Å². The van der Waals surface area contributed by atoms with Crippen LogP contribution >= 0.6 is 0 Å². The van der Waals surface area contributed by atoms with Gasteiger partial charge >= 0.3 is 0 Å². The predicted molar refractivity (Wildman–Crippen MR) is 96.6 cm³/mol. The predicted octanol–water partition coefficient (Wildman–Crippen LogP) is 2.20. The minimum absolute atomic E-state index is 0.0574. The van der Waals surface area contributed by atoms with Crippen LogP contribution in [0.3, 0.4) is 0 Å². The van der Waals surface area contributed by atoms with Gasteiger partial charge in [0.2, 0.25) is 5.91 Å². The number of nitrogens with two attached hydrogens (primary N) is 2. The second-order valence-corrected chi connectivity index (χ2v) is 6.34. The van der Waals surface area contributed by atoms with Crippen molar-refractivity contribution in [2.24, 2.45) is 5.73 Å². The zero-order valence-electron chi connectivity index (χ0n) is 14.0. The molecule has 1 fully saturated rings. The van der Waals surface area contributed by atoms with E-state index in [0.29, 0.717) is 17.9 Å². The van der Waals surface area contributed by atoms with Gasteiger partial charge in [0.25, 0.3) is 5.91 Å². The van der Waals surface area contributed by atoms with Gasteiger partial charge in [0, 0.05) is 30.1 Å². The van der Waals surface area contributed by atoms with Gasteiger partial charge in [-0.05, 0) is 43.5 Å². The number of hydrogen-bond donors (Lipinski definition) is 2. The SMILES string of the molecule is NC(=O)C[C@H]1CCCCN1C(=O)c1ccc(-c2cccc(N)n2)cc1. The molecule has 2 aromatic rings. The van der Waals surface area contributed by atoms with Gasteiger partial charge in [-0.2, -0.15) is 0 Å². The molecular weight excluding hydrogens is 316 g/mol. The normalized spacial score (nSPS) is 17.3. The lowest BCUT2D eigenvalue weighted by atomic mass is 9.97. The van der Waals surface area contributed by atoms with Crippen molar-refractivity contribution in [1.82, 2.24) is 9.88 Å². The van der Waals surface area contributed by atoms with E-state index in [4.69, 9.17) is 11.5 Å². The van der Waals surface area contributed by atoms with E-state index < -0.39 is 0 Å². The van der Waals surface area contributed by atoms with Crippen LogP contribution in [0.1, 0.15) is 36.0 Å². The Morgan fingerprint density at radius 3 is 2.56 bits per heavy atom. The largest absolute Gasteiger partial charge is 0.384 e. The highest BCUT2D eigenvalue weighted by atomic mass is 16.2. The molecule has 0 aliphatic carbocycles. The summed E-state index contributed by atoms with van der Waals surface area (Å²) in [6.07, 6.45) is 3.01. The first-order valence-corrected chi connectivity index (χ1v) is 8.47. The number of aromatic nitrogens is 1. The number of pyridine rings is 1. The Kier molecular flexibility index (Phi) is 4.97. The molecule has 130 valence electrons. The average Bonchev–Trinajstić information content (AvgIpc) is 2.61. The number of carbonyl (C=O) groups is 2. The van der Waals surface area contributed by atoms with Crippen LogP contribution in [-0.2, 0) is 4.79 Å². The summed E-state index contributed by atoms with van der Waals surface area (Å²) in [5.74, 6) is 0.0334. The van der Waals surface area contributed by atoms with Gasteiger partial charge < -0.3 is 16.4 Å². The molecule has 1 aromatic heterocycles. The number of carbonyl (C=O) groups excluding carboxylic acids is 2. The second kappa shape index (κ2) is 7.34. The number of hydrogen-bond acceptors (Lipinski definition) is 4. The fourth-order valence-corrected chi connectivity index (χ4v) is 3.27. The molecule has 0 saturated carbocycles. The fourth-order valence-electron chi connectivity index (χ4n) is 3.27. The lowest BCUT2D eigenvalue weighted by Crippen LogP contribution is -2.45. The monoisotopic (exact) mass is 338 g/mol. The molecule has 1 atom stereocenters. The van der Waals surface area contributed by atoms with E-state index in [-0.39, 0.29) is 24.3 Å². The van der Waals surface area contributed by atoms with Crippen LogP contribution in [0, 0.1) is 0 Å². The highest BCUT2D eigenvalue weighted by Gasteiger charge is 2.28. The summed E-state index contributed by atoms with van der Waals surface area (Å²) in [6, 6.07) is 12.7. The van der Waals surface area contributed by atoms with E-state index in [1.165, 1.54) is 0 Å². The van der Waals surface area contributed by atoms with Gasteiger partial charge in [-0.1, -0.05) is 18.2 Å². The van der Waals surface area contributed by atoms with E-state index in [9.17, 15) is 9.59 Å². The van der Waals surface area contributed by atoms with Gasteiger partial charge in [-0.3, -0.25) is 9.59 Å². The molecule has 6 nitrogen and oxygen atoms in total. The third kappa shape index (κ3) is 3.96. The van der Waals surface area contributed by atoms with Crippen molar-refractivity contribution in [2.75, 3.05) is 12.3 Å². The van der Waals surface area contributed by atoms with Crippen molar-refractivity contribution in [2.45, 2.75) is 31.7 Å². The topological polar surface area (TPSA) is 102 Å². The summed E-state index contributed by atoms with van der Waals surface area (Å²) in [5.41, 5.74) is 13.3. The number of amides is 2. The molecule has 1 aliphatic heterocycles. The highest BCUT2D eigenvalue weighted by molar-refractivity contribution is 5.95. The summed E-state index contributed by atoms with van der Waals surface area (Å²) in [6.45, 7) is 0.662. The Balaban J connectivity index is 1.79. The van der Waals surface area contributed by atoms with Crippen LogP contribution in [0.25, 0.3) is 11.3 Å². The quantitative estimate of drug-likeness (QED) is 0.892. The molecule has 6 heteroatoms. The number of nitrogen functional groups attached to an aromatic ring is 1. The maximum atomic E-state index is 12.8. The van der Waals surface area contributed by atoms with Gasteiger partial charge in [-0.25, -0.2) is 4.98 Å². The number of anilines is 1. The molecule has 0 spiro atoms. The zero-order valence-corrected chi connectivity index (χ0v) is 14.0. The van der Waals surface area contributed by atoms with Crippen LogP contribution in [0.5, 0.6) is 0 Å². The molecule has 1 aliphatic rings. The first-order valence-electron chi connectivity index (χ1n) is 8.47. The molecule has 0 radical (unpaired) electrons. The van der Waals surface area contributed by atoms with Crippen molar-refractivity contribution < 1.29 is 9.59 Å². The molecule has 0 bridgehead atoms. The Morgan fingerprint density at radius 1 is 1.12 bits per heavy atom. The average molecular weight is 338 g/mol. The van der Waals surface area contributed by atoms with Gasteiger partial charge in [0.15, 0.2) is 0 Å². The number of nitrogens with zero attached hydrogens (tertiary/aromatic N) is 2. The maximum Gasteiger partial charge on any atom is 0.254 e. The molecular formula is C19H22N4O2. The summed E-state index contributed by atoms with van der Waals surface area (Å²) in [7, 11) is 0. The number of rotatable bonds is 4. The van der Waals surface area contributed by atoms with Crippen molar-refractivity contribution in [1.29, 1.82) is 0 Å². The Bertz CT molecular complexity index is 773. The summed E-state index contributed by atoms with van der Waals surface area (Å²) in [5, 5.41) is 0. The summed E-state index contributed by atoms with van der Waals surface area (Å²) >= 11 is 0. The van der Waals surface area contributed by atoms with Gasteiger partial charge in [0.05, 0.1) is 5.69 Å². The molecule has 4 N–H and O–H groups in total. The summed E-state index contributed by atoms with van der Waals surface area (Å²) in [4.78, 5) is 30.2. The molecule has 0 unspecified atom stereocenters. The van der Waals surface area contributed by atoms with Crippen LogP contribution < -0.4 is 11.5 Å².